The van der Waals surface area contributed by atoms with E-state index in [0.29, 0.717) is 0 Å². The summed E-state index contributed by atoms with van der Waals surface area (Å²) in [6, 6.07) is 0. The van der Waals surface area contributed by atoms with Crippen LogP contribution in [0.25, 0.3) is 0 Å². The zero-order valence-electron chi connectivity index (χ0n) is 7.25. The molecular formula is C7H14O6. The third-order valence-corrected chi connectivity index (χ3v) is 2.23. The maximum atomic E-state index is 9.44. The molecule has 4 N–H and O–H groups in total. The lowest BCUT2D eigenvalue weighted by Gasteiger charge is -2.42. The van der Waals surface area contributed by atoms with Crippen molar-refractivity contribution in [2.75, 3.05) is 20.3 Å². The van der Waals surface area contributed by atoms with Gasteiger partial charge in [0.05, 0.1) is 6.61 Å². The Morgan fingerprint density at radius 3 is 2.54 bits per heavy atom. The molecule has 0 unspecified atom stereocenters. The van der Waals surface area contributed by atoms with E-state index in [2.05, 4.69) is 0 Å². The minimum absolute atomic E-state index is 0.188. The number of hydrogen-bond acceptors (Lipinski definition) is 6. The van der Waals surface area contributed by atoms with E-state index in [0.717, 1.165) is 0 Å². The highest BCUT2D eigenvalue weighted by Gasteiger charge is 2.49. The third-order valence-electron chi connectivity index (χ3n) is 2.23. The van der Waals surface area contributed by atoms with Gasteiger partial charge in [0, 0.05) is 7.11 Å². The predicted molar refractivity (Wildman–Crippen MR) is 40.8 cm³/mol. The van der Waals surface area contributed by atoms with Crippen molar-refractivity contribution in [3.8, 4) is 0 Å². The van der Waals surface area contributed by atoms with E-state index in [1.54, 1.807) is 0 Å². The van der Waals surface area contributed by atoms with E-state index in [1.165, 1.54) is 7.11 Å². The molecule has 0 aromatic rings. The molecule has 6 nitrogen and oxygen atoms in total. The lowest BCUT2D eigenvalue weighted by molar-refractivity contribution is -0.340. The maximum absolute atomic E-state index is 9.44. The van der Waals surface area contributed by atoms with Gasteiger partial charge in [-0.2, -0.15) is 0 Å². The number of aliphatic hydroxyl groups excluding tert-OH is 4. The second-order valence-electron chi connectivity index (χ2n) is 2.99. The van der Waals surface area contributed by atoms with Crippen LogP contribution in [0.5, 0.6) is 0 Å². The van der Waals surface area contributed by atoms with Crippen LogP contribution in [0.3, 0.4) is 0 Å². The highest BCUT2D eigenvalue weighted by molar-refractivity contribution is 4.92. The van der Waals surface area contributed by atoms with Crippen molar-refractivity contribution in [2.45, 2.75) is 24.1 Å². The second kappa shape index (κ2) is 3.87. The van der Waals surface area contributed by atoms with Crippen LogP contribution in [-0.2, 0) is 9.47 Å². The van der Waals surface area contributed by atoms with Crippen molar-refractivity contribution in [3.05, 3.63) is 0 Å². The number of methoxy groups -OCH3 is 1. The fraction of sp³-hybridized carbons (Fsp3) is 1.00. The van der Waals surface area contributed by atoms with Crippen molar-refractivity contribution in [1.29, 1.82) is 0 Å². The smallest absolute Gasteiger partial charge is 0.220 e. The topological polar surface area (TPSA) is 99.4 Å². The Bertz CT molecular complexity index is 168. The van der Waals surface area contributed by atoms with E-state index >= 15 is 0 Å². The van der Waals surface area contributed by atoms with Gasteiger partial charge in [-0.05, 0) is 0 Å². The zero-order valence-corrected chi connectivity index (χ0v) is 7.25. The van der Waals surface area contributed by atoms with Crippen molar-refractivity contribution < 1.29 is 29.9 Å². The molecule has 0 bridgehead atoms. The monoisotopic (exact) mass is 194 g/mol. The van der Waals surface area contributed by atoms with Gasteiger partial charge in [0.25, 0.3) is 0 Å². The third kappa shape index (κ3) is 1.69. The summed E-state index contributed by atoms with van der Waals surface area (Å²) in [5.74, 6) is -1.63. The quantitative estimate of drug-likeness (QED) is 0.386. The standard InChI is InChI=1S/C7H14O6/c1-12-7(3-8)6(11)5(10)4(9)2-13-7/h4-6,8-11H,2-3H2,1H3/t4-,5-,6+,7-/m0/s1. The average Bonchev–Trinajstić information content (AvgIpc) is 2.16. The van der Waals surface area contributed by atoms with Crippen LogP contribution in [0, 0.1) is 0 Å². The molecule has 1 saturated heterocycles. The summed E-state index contributed by atoms with van der Waals surface area (Å²) in [6.45, 7) is -0.777. The van der Waals surface area contributed by atoms with Crippen molar-refractivity contribution in [2.24, 2.45) is 0 Å². The van der Waals surface area contributed by atoms with Crippen LogP contribution in [0.2, 0.25) is 0 Å². The molecule has 78 valence electrons. The highest BCUT2D eigenvalue weighted by atomic mass is 16.7. The molecule has 4 atom stereocenters. The van der Waals surface area contributed by atoms with Crippen molar-refractivity contribution in [3.63, 3.8) is 0 Å². The molecule has 6 heteroatoms. The summed E-state index contributed by atoms with van der Waals surface area (Å²) >= 11 is 0. The van der Waals surface area contributed by atoms with E-state index in [4.69, 9.17) is 19.7 Å². The lowest BCUT2D eigenvalue weighted by Crippen LogP contribution is -2.63. The summed E-state index contributed by atoms with van der Waals surface area (Å²) in [6.07, 6.45) is -4.00. The van der Waals surface area contributed by atoms with Gasteiger partial charge in [-0.25, -0.2) is 0 Å². The van der Waals surface area contributed by atoms with Gasteiger partial charge in [-0.15, -0.1) is 0 Å². The van der Waals surface area contributed by atoms with Crippen LogP contribution < -0.4 is 0 Å². The Morgan fingerprint density at radius 1 is 1.46 bits per heavy atom. The Hall–Kier alpha value is -0.240. The van der Waals surface area contributed by atoms with Crippen molar-refractivity contribution in [1.82, 2.24) is 0 Å². The Kier molecular flexibility index (Phi) is 3.23. The van der Waals surface area contributed by atoms with Crippen LogP contribution in [0.4, 0.5) is 0 Å². The fourth-order valence-electron chi connectivity index (χ4n) is 1.26. The molecule has 0 aromatic heterocycles. The van der Waals surface area contributed by atoms with E-state index < -0.39 is 30.7 Å². The van der Waals surface area contributed by atoms with E-state index in [9.17, 15) is 10.2 Å². The summed E-state index contributed by atoms with van der Waals surface area (Å²) in [4.78, 5) is 0. The first-order valence-corrected chi connectivity index (χ1v) is 3.91. The number of ether oxygens (including phenoxy) is 2. The Labute approximate surface area is 75.3 Å². The minimum atomic E-state index is -1.63. The Morgan fingerprint density at radius 2 is 2.08 bits per heavy atom. The van der Waals surface area contributed by atoms with Crippen LogP contribution in [-0.4, -0.2) is 64.8 Å². The first kappa shape index (κ1) is 10.8. The maximum Gasteiger partial charge on any atom is 0.220 e. The van der Waals surface area contributed by atoms with Crippen LogP contribution in [0.15, 0.2) is 0 Å². The normalized spacial score (nSPS) is 46.4. The second-order valence-corrected chi connectivity index (χ2v) is 2.99. The van der Waals surface area contributed by atoms with Gasteiger partial charge >= 0.3 is 0 Å². The fourth-order valence-corrected chi connectivity index (χ4v) is 1.26. The molecule has 0 aliphatic carbocycles. The Balaban J connectivity index is 2.77. The molecule has 1 aliphatic rings. The summed E-state index contributed by atoms with van der Waals surface area (Å²) in [7, 11) is 1.24. The molecule has 1 aliphatic heterocycles. The largest absolute Gasteiger partial charge is 0.391 e. The molecule has 1 heterocycles. The molecule has 1 rings (SSSR count). The van der Waals surface area contributed by atoms with Crippen LogP contribution in [0.1, 0.15) is 0 Å². The number of aliphatic hydroxyl groups is 4. The summed E-state index contributed by atoms with van der Waals surface area (Å²) in [5.41, 5.74) is 0. The van der Waals surface area contributed by atoms with Gasteiger partial charge < -0.3 is 29.9 Å². The summed E-state index contributed by atoms with van der Waals surface area (Å²) < 4.78 is 9.69. The van der Waals surface area contributed by atoms with Gasteiger partial charge in [0.1, 0.15) is 24.9 Å². The number of rotatable bonds is 2. The van der Waals surface area contributed by atoms with E-state index in [1.807, 2.05) is 0 Å². The molecule has 13 heavy (non-hydrogen) atoms. The van der Waals surface area contributed by atoms with Crippen LogP contribution >= 0.6 is 0 Å². The summed E-state index contributed by atoms with van der Waals surface area (Å²) in [5, 5.41) is 36.7. The highest BCUT2D eigenvalue weighted by Crippen LogP contribution is 2.26. The molecule has 0 aromatic carbocycles. The van der Waals surface area contributed by atoms with E-state index in [-0.39, 0.29) is 6.61 Å². The molecule has 1 fully saturated rings. The van der Waals surface area contributed by atoms with Crippen molar-refractivity contribution >= 4 is 0 Å². The molecule has 0 spiro atoms. The number of hydrogen-bond donors (Lipinski definition) is 4. The predicted octanol–water partition coefficient (Wildman–Crippen LogP) is -2.57. The van der Waals surface area contributed by atoms with Gasteiger partial charge in [-0.1, -0.05) is 0 Å². The molecule has 0 saturated carbocycles. The first-order valence-electron chi connectivity index (χ1n) is 3.91. The molecule has 0 amide bonds. The van der Waals surface area contributed by atoms with Gasteiger partial charge in [0.15, 0.2) is 0 Å². The molecule has 0 radical (unpaired) electrons. The van der Waals surface area contributed by atoms with Gasteiger partial charge in [-0.3, -0.25) is 0 Å². The first-order chi connectivity index (χ1) is 6.07. The average molecular weight is 194 g/mol. The van der Waals surface area contributed by atoms with Gasteiger partial charge in [0.2, 0.25) is 5.79 Å². The lowest BCUT2D eigenvalue weighted by atomic mass is 9.97. The minimum Gasteiger partial charge on any atom is -0.391 e. The SMILES string of the molecule is CO[C@@]1(CO)OC[C@H](O)[C@H](O)[C@H]1O. The zero-order chi connectivity index (χ0) is 10.1. The molecular weight excluding hydrogens is 180 g/mol.